The number of hydrogen-bond donors (Lipinski definition) is 3. The molecule has 54 heavy (non-hydrogen) atoms. The number of aliphatic hydroxyl groups is 2. The maximum Gasteiger partial charge on any atom is 0.220 e. The van der Waals surface area contributed by atoms with Crippen LogP contribution in [0.4, 0.5) is 0 Å². The first kappa shape index (κ1) is 52.9. The molecule has 3 N–H and O–H groups in total. The molecule has 0 rings (SSSR count). The Kier molecular flexibility index (Phi) is 45.3. The van der Waals surface area contributed by atoms with Crippen molar-refractivity contribution in [2.24, 2.45) is 0 Å². The second-order valence-electron chi connectivity index (χ2n) is 16.9. The topological polar surface area (TPSA) is 69.6 Å². The lowest BCUT2D eigenvalue weighted by molar-refractivity contribution is -0.123. The third-order valence-electron chi connectivity index (χ3n) is 11.4. The maximum absolute atomic E-state index is 12.4. The molecule has 0 radical (unpaired) electrons. The van der Waals surface area contributed by atoms with Crippen molar-refractivity contribution < 1.29 is 15.0 Å². The largest absolute Gasteiger partial charge is 0.394 e. The van der Waals surface area contributed by atoms with E-state index in [1.807, 2.05) is 6.08 Å². The van der Waals surface area contributed by atoms with Gasteiger partial charge in [0.1, 0.15) is 0 Å². The van der Waals surface area contributed by atoms with Gasteiger partial charge in [-0.2, -0.15) is 0 Å². The highest BCUT2D eigenvalue weighted by Crippen LogP contribution is 2.16. The van der Waals surface area contributed by atoms with Gasteiger partial charge in [0.15, 0.2) is 0 Å². The quantitative estimate of drug-likeness (QED) is 0.0428. The molecule has 320 valence electrons. The Morgan fingerprint density at radius 3 is 1.07 bits per heavy atom. The highest BCUT2D eigenvalue weighted by Gasteiger charge is 2.17. The maximum atomic E-state index is 12.4. The number of rotatable bonds is 45. The van der Waals surface area contributed by atoms with E-state index in [2.05, 4.69) is 31.3 Å². The Balaban J connectivity index is 3.54. The van der Waals surface area contributed by atoms with E-state index in [0.717, 1.165) is 32.1 Å². The molecule has 2 atom stereocenters. The van der Waals surface area contributed by atoms with Gasteiger partial charge in [-0.15, -0.1) is 0 Å². The second-order valence-corrected chi connectivity index (χ2v) is 16.9. The fourth-order valence-electron chi connectivity index (χ4n) is 7.67. The summed E-state index contributed by atoms with van der Waals surface area (Å²) in [4.78, 5) is 12.4. The number of carbonyl (C=O) groups excluding carboxylic acids is 1. The molecule has 4 heteroatoms. The average molecular weight is 760 g/mol. The standard InChI is InChI=1S/C50H97NO3/c1-3-5-7-9-11-13-15-17-19-21-23-25-27-29-31-33-35-37-39-41-43-45-49(53)48(47-52)51-50(54)46-44-42-40-38-36-34-32-30-28-26-24-22-20-18-16-14-12-10-8-6-4-2/h35,37,43,45,48-49,52-53H,3-34,36,38-42,44,46-47H2,1-2H3,(H,51,54)/b37-35+,45-43+. The minimum absolute atomic E-state index is 0.0685. The molecule has 0 aromatic heterocycles. The summed E-state index contributed by atoms with van der Waals surface area (Å²) in [6.07, 6.45) is 60.2. The van der Waals surface area contributed by atoms with Gasteiger partial charge in [0.05, 0.1) is 18.8 Å². The first-order valence-corrected chi connectivity index (χ1v) is 24.6. The summed E-state index contributed by atoms with van der Waals surface area (Å²) >= 11 is 0. The average Bonchev–Trinajstić information content (AvgIpc) is 3.18. The lowest BCUT2D eigenvalue weighted by Gasteiger charge is -2.19. The SMILES string of the molecule is CCCCCCCCCCCCCCCCC/C=C/CC/C=C/C(O)C(CO)NC(=O)CCCCCCCCCCCCCCCCCCCCCCC. The van der Waals surface area contributed by atoms with Crippen LogP contribution in [0, 0.1) is 0 Å². The van der Waals surface area contributed by atoms with Crippen molar-refractivity contribution in [3.63, 3.8) is 0 Å². The summed E-state index contributed by atoms with van der Waals surface area (Å²) in [7, 11) is 0. The number of allylic oxidation sites excluding steroid dienone is 3. The molecule has 0 aromatic carbocycles. The van der Waals surface area contributed by atoms with Gasteiger partial charge >= 0.3 is 0 Å². The fourth-order valence-corrected chi connectivity index (χ4v) is 7.67. The van der Waals surface area contributed by atoms with Gasteiger partial charge in [0, 0.05) is 6.42 Å². The zero-order valence-electron chi connectivity index (χ0n) is 36.8. The third kappa shape index (κ3) is 42.0. The Hall–Kier alpha value is -1.13. The molecule has 0 aliphatic heterocycles. The summed E-state index contributed by atoms with van der Waals surface area (Å²) in [5, 5.41) is 23.1. The minimum atomic E-state index is -0.858. The second kappa shape index (κ2) is 46.3. The number of unbranched alkanes of at least 4 members (excludes halogenated alkanes) is 36. The van der Waals surface area contributed by atoms with E-state index in [4.69, 9.17) is 0 Å². The first-order valence-electron chi connectivity index (χ1n) is 24.6. The summed E-state index contributed by atoms with van der Waals surface area (Å²) in [5.74, 6) is -0.0685. The number of aliphatic hydroxyl groups excluding tert-OH is 2. The van der Waals surface area contributed by atoms with E-state index in [-0.39, 0.29) is 12.5 Å². The van der Waals surface area contributed by atoms with Crippen LogP contribution in [0.2, 0.25) is 0 Å². The monoisotopic (exact) mass is 760 g/mol. The van der Waals surface area contributed by atoms with Crippen LogP contribution in [0.25, 0.3) is 0 Å². The molecule has 0 fully saturated rings. The number of amides is 1. The van der Waals surface area contributed by atoms with Crippen LogP contribution < -0.4 is 5.32 Å². The van der Waals surface area contributed by atoms with Gasteiger partial charge < -0.3 is 15.5 Å². The van der Waals surface area contributed by atoms with Crippen molar-refractivity contribution in [3.8, 4) is 0 Å². The summed E-state index contributed by atoms with van der Waals surface area (Å²) in [6, 6.07) is -0.635. The molecule has 0 aromatic rings. The summed E-state index contributed by atoms with van der Waals surface area (Å²) in [5.41, 5.74) is 0. The van der Waals surface area contributed by atoms with Crippen molar-refractivity contribution in [3.05, 3.63) is 24.3 Å². The first-order chi connectivity index (χ1) is 26.7. The van der Waals surface area contributed by atoms with Gasteiger partial charge in [-0.25, -0.2) is 0 Å². The summed E-state index contributed by atoms with van der Waals surface area (Å²) < 4.78 is 0. The van der Waals surface area contributed by atoms with Crippen molar-refractivity contribution in [2.75, 3.05) is 6.61 Å². The van der Waals surface area contributed by atoms with E-state index in [0.29, 0.717) is 6.42 Å². The van der Waals surface area contributed by atoms with E-state index in [1.54, 1.807) is 6.08 Å². The van der Waals surface area contributed by atoms with Crippen LogP contribution in [-0.4, -0.2) is 34.9 Å². The van der Waals surface area contributed by atoms with Gasteiger partial charge in [-0.05, 0) is 32.1 Å². The van der Waals surface area contributed by atoms with Crippen molar-refractivity contribution in [2.45, 2.75) is 283 Å². The number of nitrogens with one attached hydrogen (secondary N) is 1. The zero-order chi connectivity index (χ0) is 39.3. The van der Waals surface area contributed by atoms with E-state index in [9.17, 15) is 15.0 Å². The molecular weight excluding hydrogens is 663 g/mol. The zero-order valence-corrected chi connectivity index (χ0v) is 36.8. The van der Waals surface area contributed by atoms with Crippen molar-refractivity contribution in [1.29, 1.82) is 0 Å². The molecule has 0 aliphatic rings. The molecule has 4 nitrogen and oxygen atoms in total. The Morgan fingerprint density at radius 1 is 0.426 bits per heavy atom. The van der Waals surface area contributed by atoms with E-state index >= 15 is 0 Å². The normalized spacial score (nSPS) is 13.0. The smallest absolute Gasteiger partial charge is 0.220 e. The van der Waals surface area contributed by atoms with Gasteiger partial charge in [-0.1, -0.05) is 256 Å². The minimum Gasteiger partial charge on any atom is -0.394 e. The van der Waals surface area contributed by atoms with Crippen molar-refractivity contribution >= 4 is 5.91 Å². The van der Waals surface area contributed by atoms with E-state index in [1.165, 1.54) is 218 Å². The van der Waals surface area contributed by atoms with E-state index < -0.39 is 12.1 Å². The fraction of sp³-hybridized carbons (Fsp3) is 0.900. The molecule has 0 saturated carbocycles. The predicted octanol–water partition coefficient (Wildman–Crippen LogP) is 15.6. The molecule has 0 saturated heterocycles. The van der Waals surface area contributed by atoms with Crippen LogP contribution in [0.1, 0.15) is 271 Å². The van der Waals surface area contributed by atoms with Crippen LogP contribution in [0.5, 0.6) is 0 Å². The summed E-state index contributed by atoms with van der Waals surface area (Å²) in [6.45, 7) is 4.33. The number of hydrogen-bond acceptors (Lipinski definition) is 3. The third-order valence-corrected chi connectivity index (χ3v) is 11.4. The molecule has 0 bridgehead atoms. The van der Waals surface area contributed by atoms with Crippen LogP contribution >= 0.6 is 0 Å². The van der Waals surface area contributed by atoms with Crippen LogP contribution in [-0.2, 0) is 4.79 Å². The Bertz CT molecular complexity index is 780. The van der Waals surface area contributed by atoms with Gasteiger partial charge in [-0.3, -0.25) is 4.79 Å². The highest BCUT2D eigenvalue weighted by molar-refractivity contribution is 5.76. The highest BCUT2D eigenvalue weighted by atomic mass is 16.3. The molecule has 0 spiro atoms. The van der Waals surface area contributed by atoms with Gasteiger partial charge in [0.25, 0.3) is 0 Å². The number of carbonyl (C=O) groups is 1. The Morgan fingerprint density at radius 2 is 0.722 bits per heavy atom. The van der Waals surface area contributed by atoms with Crippen LogP contribution in [0.15, 0.2) is 24.3 Å². The molecule has 1 amide bonds. The molecule has 0 aliphatic carbocycles. The van der Waals surface area contributed by atoms with Crippen molar-refractivity contribution in [1.82, 2.24) is 5.32 Å². The molecule has 2 unspecified atom stereocenters. The lowest BCUT2D eigenvalue weighted by Crippen LogP contribution is -2.45. The van der Waals surface area contributed by atoms with Gasteiger partial charge in [0.2, 0.25) is 5.91 Å². The lowest BCUT2D eigenvalue weighted by atomic mass is 10.0. The molecular formula is C50H97NO3. The molecule has 0 heterocycles. The Labute approximate surface area is 339 Å². The predicted molar refractivity (Wildman–Crippen MR) is 239 cm³/mol. The van der Waals surface area contributed by atoms with Crippen LogP contribution in [0.3, 0.4) is 0 Å².